The summed E-state index contributed by atoms with van der Waals surface area (Å²) in [6.07, 6.45) is 18.5. The first-order valence-corrected chi connectivity index (χ1v) is 24.6. The largest absolute Gasteiger partial charge is 0.478 e. The molecule has 8 heteroatoms. The standard InChI is InChI=1S/C28H35ClO2.C21H30O3.C6H6ClN/c1-3-14-27(31)15-16-28(4-2)23(19-27)10-7-9-20-17-22(12-13-24(20)28)26(30)18-21-8-5-6-11-25(21)29;1-3-10-20(24)11-12-21(4-2)17(14-20)7-5-6-15-13-16(19(22)23)8-9-18(15)21;7-5-3-1-2-4-6(5)8/h5-6,8,11-13,17,23,31H,3-4,7,9-10,14-16,18-19H2,1-2H3;8-9,13,17,24H,3-7,10-12,14H2,1-2H3,(H,22,23);1-4H,8H2/t23-,27+,28+;17-,20+,21+;/m00./s1. The van der Waals surface area contributed by atoms with Gasteiger partial charge in [0.25, 0.3) is 0 Å². The summed E-state index contributed by atoms with van der Waals surface area (Å²) in [6.45, 7) is 8.89. The number of para-hydroxylation sites is 1. The summed E-state index contributed by atoms with van der Waals surface area (Å²) in [4.78, 5) is 24.4. The number of Topliss-reactive ketones (excluding diaryl/α,β-unsaturated/α-hetero) is 1. The maximum atomic E-state index is 13.0. The highest BCUT2D eigenvalue weighted by Gasteiger charge is 2.51. The quantitative estimate of drug-likeness (QED) is 0.0929. The van der Waals surface area contributed by atoms with E-state index in [-0.39, 0.29) is 16.6 Å². The molecule has 0 aliphatic heterocycles. The number of carboxylic acid groups (broad SMARTS) is 1. The lowest BCUT2D eigenvalue weighted by Gasteiger charge is -2.50. The van der Waals surface area contributed by atoms with Crippen molar-refractivity contribution in [3.63, 3.8) is 0 Å². The van der Waals surface area contributed by atoms with Gasteiger partial charge in [-0.25, -0.2) is 4.79 Å². The number of fused-ring (bicyclic) bond motifs is 6. The van der Waals surface area contributed by atoms with Crippen molar-refractivity contribution in [3.8, 4) is 0 Å². The summed E-state index contributed by atoms with van der Waals surface area (Å²) in [5.41, 5.74) is 12.7. The van der Waals surface area contributed by atoms with Gasteiger partial charge in [0.1, 0.15) is 0 Å². The lowest BCUT2D eigenvalue weighted by atomic mass is 9.56. The number of aliphatic hydroxyl groups is 2. The molecule has 4 aromatic rings. The molecule has 0 radical (unpaired) electrons. The van der Waals surface area contributed by atoms with E-state index in [9.17, 15) is 24.9 Å². The molecule has 2 fully saturated rings. The minimum atomic E-state index is -0.842. The highest BCUT2D eigenvalue weighted by Crippen LogP contribution is 2.56. The summed E-state index contributed by atoms with van der Waals surface area (Å²) in [5, 5.41) is 32.8. The molecule has 5 N–H and O–H groups in total. The number of carbonyl (C=O) groups is 2. The Morgan fingerprint density at radius 3 is 1.57 bits per heavy atom. The number of rotatable bonds is 10. The molecule has 0 spiro atoms. The Balaban J connectivity index is 0.000000182. The van der Waals surface area contributed by atoms with Crippen molar-refractivity contribution in [2.24, 2.45) is 11.8 Å². The second-order valence-corrected chi connectivity index (χ2v) is 20.1. The number of hydrogen-bond acceptors (Lipinski definition) is 5. The molecule has 0 aromatic heterocycles. The Bertz CT molecular complexity index is 2190. The van der Waals surface area contributed by atoms with Crippen LogP contribution in [0.2, 0.25) is 10.0 Å². The zero-order chi connectivity index (χ0) is 45.4. The fourth-order valence-corrected chi connectivity index (χ4v) is 12.7. The Kier molecular flexibility index (Phi) is 16.3. The lowest BCUT2D eigenvalue weighted by molar-refractivity contribution is -0.0545. The number of hydrogen-bond donors (Lipinski definition) is 4. The highest BCUT2D eigenvalue weighted by molar-refractivity contribution is 6.33. The van der Waals surface area contributed by atoms with Crippen LogP contribution in [0.25, 0.3) is 0 Å². The molecule has 4 aliphatic rings. The lowest BCUT2D eigenvalue weighted by Crippen LogP contribution is -2.47. The minimum absolute atomic E-state index is 0.114. The van der Waals surface area contributed by atoms with Gasteiger partial charge in [0.2, 0.25) is 0 Å². The van der Waals surface area contributed by atoms with Crippen molar-refractivity contribution >= 4 is 40.6 Å². The van der Waals surface area contributed by atoms with E-state index < -0.39 is 17.2 Å². The molecule has 6 nitrogen and oxygen atoms in total. The first-order chi connectivity index (χ1) is 30.1. The third-order valence-electron chi connectivity index (χ3n) is 15.6. The second-order valence-electron chi connectivity index (χ2n) is 19.3. The molecule has 4 aromatic carbocycles. The fraction of sp³-hybridized carbons (Fsp3) is 0.527. The maximum absolute atomic E-state index is 13.0. The van der Waals surface area contributed by atoms with Crippen LogP contribution >= 0.6 is 23.2 Å². The van der Waals surface area contributed by atoms with Gasteiger partial charge in [-0.3, -0.25) is 4.79 Å². The van der Waals surface area contributed by atoms with Gasteiger partial charge in [-0.05, 0) is 190 Å². The van der Waals surface area contributed by atoms with Gasteiger partial charge in [0.15, 0.2) is 5.78 Å². The van der Waals surface area contributed by atoms with Crippen molar-refractivity contribution in [2.75, 3.05) is 5.73 Å². The Morgan fingerprint density at radius 1 is 0.651 bits per heavy atom. The molecule has 6 atom stereocenters. The van der Waals surface area contributed by atoms with Crippen LogP contribution in [-0.2, 0) is 30.1 Å². The third kappa shape index (κ3) is 10.9. The van der Waals surface area contributed by atoms with Crippen LogP contribution in [0.5, 0.6) is 0 Å². The number of ketones is 1. The summed E-state index contributed by atoms with van der Waals surface area (Å²) in [6, 6.07) is 27.0. The Hall–Kier alpha value is -3.68. The molecule has 0 heterocycles. The van der Waals surface area contributed by atoms with E-state index in [4.69, 9.17) is 28.9 Å². The number of halogens is 2. The van der Waals surface area contributed by atoms with Gasteiger partial charge in [0, 0.05) is 17.0 Å². The van der Waals surface area contributed by atoms with Crippen LogP contribution in [0.1, 0.15) is 179 Å². The van der Waals surface area contributed by atoms with Crippen LogP contribution in [0.4, 0.5) is 5.69 Å². The molecule has 0 saturated heterocycles. The zero-order valence-corrected chi connectivity index (χ0v) is 39.7. The van der Waals surface area contributed by atoms with Crippen LogP contribution in [-0.4, -0.2) is 38.3 Å². The first-order valence-electron chi connectivity index (χ1n) is 23.9. The van der Waals surface area contributed by atoms with Gasteiger partial charge in [0.05, 0.1) is 27.5 Å². The second kappa shape index (κ2) is 21.1. The number of carbonyl (C=O) groups excluding carboxylic acids is 1. The van der Waals surface area contributed by atoms with E-state index in [0.29, 0.717) is 39.6 Å². The van der Waals surface area contributed by atoms with Crippen LogP contribution in [0.15, 0.2) is 84.9 Å². The van der Waals surface area contributed by atoms with Crippen molar-refractivity contribution in [3.05, 3.63) is 134 Å². The Morgan fingerprint density at radius 2 is 1.13 bits per heavy atom. The summed E-state index contributed by atoms with van der Waals surface area (Å²) < 4.78 is 0. The number of carboxylic acids is 1. The number of aromatic carboxylic acids is 1. The summed E-state index contributed by atoms with van der Waals surface area (Å²) in [7, 11) is 0. The van der Waals surface area contributed by atoms with E-state index in [0.717, 1.165) is 127 Å². The molecule has 0 unspecified atom stereocenters. The van der Waals surface area contributed by atoms with Crippen LogP contribution in [0.3, 0.4) is 0 Å². The average Bonchev–Trinajstić information content (AvgIpc) is 3.52. The SMILES string of the molecule is CCC[C@@]1(O)CC[C@@]2(CC)c3ccc(C(=O)Cc4ccccc4Cl)cc3CCC[C@H]2C1.CCC[C@@]1(O)CC[C@@]2(CC)c3ccc(C(=O)O)cc3CCC[C@H]2C1.Nc1ccccc1Cl. The monoisotopic (exact) mass is 895 g/mol. The molecule has 0 amide bonds. The van der Waals surface area contributed by atoms with Crippen molar-refractivity contribution < 1.29 is 24.9 Å². The molecule has 4 aliphatic carbocycles. The van der Waals surface area contributed by atoms with Crippen LogP contribution in [0, 0.1) is 11.8 Å². The topological polar surface area (TPSA) is 121 Å². The van der Waals surface area contributed by atoms with Crippen molar-refractivity contribution in [1.29, 1.82) is 0 Å². The number of nitrogens with two attached hydrogens (primary N) is 1. The van der Waals surface area contributed by atoms with Gasteiger partial charge in [-0.2, -0.15) is 0 Å². The number of nitrogen functional groups attached to an aromatic ring is 1. The highest BCUT2D eigenvalue weighted by atomic mass is 35.5. The van der Waals surface area contributed by atoms with Crippen LogP contribution < -0.4 is 5.73 Å². The smallest absolute Gasteiger partial charge is 0.335 e. The molecule has 63 heavy (non-hydrogen) atoms. The molecule has 340 valence electrons. The summed E-state index contributed by atoms with van der Waals surface area (Å²) in [5.74, 6) is 0.312. The number of anilines is 1. The first kappa shape index (κ1) is 48.8. The molecular formula is C55H71Cl2NO5. The van der Waals surface area contributed by atoms with E-state index in [2.05, 4.69) is 45.9 Å². The number of aryl methyl sites for hydroxylation is 2. The molecule has 2 saturated carbocycles. The molecule has 0 bridgehead atoms. The minimum Gasteiger partial charge on any atom is -0.478 e. The predicted octanol–water partition coefficient (Wildman–Crippen LogP) is 13.7. The van der Waals surface area contributed by atoms with Gasteiger partial charge < -0.3 is 21.1 Å². The van der Waals surface area contributed by atoms with E-state index in [1.54, 1.807) is 18.2 Å². The Labute approximate surface area is 387 Å². The van der Waals surface area contributed by atoms with E-state index >= 15 is 0 Å². The van der Waals surface area contributed by atoms with Gasteiger partial charge >= 0.3 is 5.97 Å². The average molecular weight is 897 g/mol. The van der Waals surface area contributed by atoms with Crippen molar-refractivity contribution in [2.45, 2.75) is 172 Å². The normalized spacial score (nSPS) is 27.2. The zero-order valence-electron chi connectivity index (χ0n) is 38.2. The fourth-order valence-electron chi connectivity index (χ4n) is 12.3. The van der Waals surface area contributed by atoms with E-state index in [1.165, 1.54) is 22.3 Å². The predicted molar refractivity (Wildman–Crippen MR) is 259 cm³/mol. The maximum Gasteiger partial charge on any atom is 0.335 e. The third-order valence-corrected chi connectivity index (χ3v) is 16.4. The van der Waals surface area contributed by atoms with Crippen molar-refractivity contribution in [1.82, 2.24) is 0 Å². The number of benzene rings is 4. The van der Waals surface area contributed by atoms with Gasteiger partial charge in [-0.15, -0.1) is 0 Å². The molecular weight excluding hydrogens is 826 g/mol. The molecule has 8 rings (SSSR count). The van der Waals surface area contributed by atoms with Gasteiger partial charge in [-0.1, -0.05) is 112 Å². The van der Waals surface area contributed by atoms with E-state index in [1.807, 2.05) is 48.5 Å². The summed E-state index contributed by atoms with van der Waals surface area (Å²) >= 11 is 11.9.